The summed E-state index contributed by atoms with van der Waals surface area (Å²) in [5, 5.41) is 9.00. The normalized spacial score (nSPS) is 10.9. The second-order valence-electron chi connectivity index (χ2n) is 3.61. The predicted octanol–water partition coefficient (Wildman–Crippen LogP) is 1.69. The summed E-state index contributed by atoms with van der Waals surface area (Å²) in [5.74, 6) is -0.682. The predicted molar refractivity (Wildman–Crippen MR) is 62.5 cm³/mol. The van der Waals surface area contributed by atoms with E-state index >= 15 is 0 Å². The van der Waals surface area contributed by atoms with Gasteiger partial charge in [-0.3, -0.25) is 0 Å². The molecule has 0 atom stereocenters. The smallest absolute Gasteiger partial charge is 0.339 e. The lowest BCUT2D eigenvalue weighted by Crippen LogP contribution is -2.01. The Labute approximate surface area is 103 Å². The molecule has 0 saturated carbocycles. The SMILES string of the molecule is COCCOCc1nc2cccc(C(=O)O)c2o1. The molecule has 0 spiro atoms. The summed E-state index contributed by atoms with van der Waals surface area (Å²) in [5.41, 5.74) is 0.888. The molecule has 6 nitrogen and oxygen atoms in total. The van der Waals surface area contributed by atoms with Gasteiger partial charge in [0.05, 0.1) is 13.2 Å². The van der Waals surface area contributed by atoms with Crippen LogP contribution in [0, 0.1) is 0 Å². The summed E-state index contributed by atoms with van der Waals surface area (Å²) in [4.78, 5) is 15.1. The first-order chi connectivity index (χ1) is 8.72. The van der Waals surface area contributed by atoms with Crippen molar-refractivity contribution in [2.75, 3.05) is 20.3 Å². The first kappa shape index (κ1) is 12.5. The number of hydrogen-bond acceptors (Lipinski definition) is 5. The van der Waals surface area contributed by atoms with E-state index in [9.17, 15) is 4.79 Å². The van der Waals surface area contributed by atoms with E-state index in [4.69, 9.17) is 19.0 Å². The second kappa shape index (κ2) is 5.61. The van der Waals surface area contributed by atoms with Crippen molar-refractivity contribution < 1.29 is 23.8 Å². The molecule has 1 aromatic heterocycles. The zero-order valence-electron chi connectivity index (χ0n) is 9.88. The third-order valence-corrected chi connectivity index (χ3v) is 2.35. The van der Waals surface area contributed by atoms with Crippen molar-refractivity contribution >= 4 is 17.1 Å². The van der Waals surface area contributed by atoms with Crippen molar-refractivity contribution in [3.8, 4) is 0 Å². The minimum Gasteiger partial charge on any atom is -0.478 e. The van der Waals surface area contributed by atoms with Crippen molar-refractivity contribution in [2.24, 2.45) is 0 Å². The molecule has 0 aliphatic carbocycles. The number of nitrogens with zero attached hydrogens (tertiary/aromatic N) is 1. The third kappa shape index (κ3) is 2.66. The molecule has 96 valence electrons. The molecule has 1 aromatic carbocycles. The molecule has 0 aliphatic heterocycles. The minimum atomic E-state index is -1.04. The minimum absolute atomic E-state index is 0.100. The maximum absolute atomic E-state index is 11.0. The molecule has 0 unspecified atom stereocenters. The van der Waals surface area contributed by atoms with Crippen LogP contribution in [-0.2, 0) is 16.1 Å². The van der Waals surface area contributed by atoms with Gasteiger partial charge in [0.25, 0.3) is 0 Å². The number of carbonyl (C=O) groups is 1. The summed E-state index contributed by atoms with van der Waals surface area (Å²) in [6.07, 6.45) is 0. The zero-order chi connectivity index (χ0) is 13.0. The number of carboxylic acids is 1. The molecule has 1 heterocycles. The highest BCUT2D eigenvalue weighted by atomic mass is 16.5. The van der Waals surface area contributed by atoms with Gasteiger partial charge in [-0.15, -0.1) is 0 Å². The standard InChI is InChI=1S/C12H13NO5/c1-16-5-6-17-7-10-13-9-4-2-3-8(12(14)15)11(9)18-10/h2-4H,5-7H2,1H3,(H,14,15). The van der Waals surface area contributed by atoms with Crippen LogP contribution in [0.2, 0.25) is 0 Å². The summed E-state index contributed by atoms with van der Waals surface area (Å²) in [6, 6.07) is 4.80. The molecule has 0 aliphatic rings. The van der Waals surface area contributed by atoms with Crippen LogP contribution in [-0.4, -0.2) is 36.4 Å². The number of carboxylic acid groups (broad SMARTS) is 1. The van der Waals surface area contributed by atoms with Crippen LogP contribution >= 0.6 is 0 Å². The van der Waals surface area contributed by atoms with Crippen LogP contribution in [0.4, 0.5) is 0 Å². The quantitative estimate of drug-likeness (QED) is 0.787. The van der Waals surface area contributed by atoms with Gasteiger partial charge in [0, 0.05) is 7.11 Å². The first-order valence-corrected chi connectivity index (χ1v) is 5.41. The Bertz CT molecular complexity index is 548. The lowest BCUT2D eigenvalue weighted by Gasteiger charge is -1.99. The molecular weight excluding hydrogens is 238 g/mol. The maximum Gasteiger partial charge on any atom is 0.339 e. The number of ether oxygens (including phenoxy) is 2. The van der Waals surface area contributed by atoms with E-state index in [1.807, 2.05) is 0 Å². The van der Waals surface area contributed by atoms with Gasteiger partial charge in [-0.05, 0) is 12.1 Å². The molecule has 6 heteroatoms. The molecule has 2 rings (SSSR count). The molecular formula is C12H13NO5. The van der Waals surface area contributed by atoms with Crippen molar-refractivity contribution in [3.05, 3.63) is 29.7 Å². The monoisotopic (exact) mass is 251 g/mol. The van der Waals surface area contributed by atoms with Crippen LogP contribution in [0.5, 0.6) is 0 Å². The molecule has 0 amide bonds. The number of aromatic nitrogens is 1. The van der Waals surface area contributed by atoms with E-state index in [1.165, 1.54) is 6.07 Å². The number of oxazole rings is 1. The Balaban J connectivity index is 2.17. The number of methoxy groups -OCH3 is 1. The molecule has 0 bridgehead atoms. The fourth-order valence-corrected chi connectivity index (χ4v) is 1.53. The van der Waals surface area contributed by atoms with Crippen LogP contribution in [0.25, 0.3) is 11.1 Å². The van der Waals surface area contributed by atoms with Gasteiger partial charge in [-0.2, -0.15) is 0 Å². The molecule has 1 N–H and O–H groups in total. The van der Waals surface area contributed by atoms with Crippen molar-refractivity contribution in [3.63, 3.8) is 0 Å². The number of benzene rings is 1. The third-order valence-electron chi connectivity index (χ3n) is 2.35. The van der Waals surface area contributed by atoms with Crippen LogP contribution in [0.3, 0.4) is 0 Å². The van der Waals surface area contributed by atoms with Crippen LogP contribution in [0.1, 0.15) is 16.2 Å². The van der Waals surface area contributed by atoms with Crippen LogP contribution < -0.4 is 0 Å². The van der Waals surface area contributed by atoms with Crippen molar-refractivity contribution in [1.29, 1.82) is 0 Å². The highest BCUT2D eigenvalue weighted by Gasteiger charge is 2.14. The fraction of sp³-hybridized carbons (Fsp3) is 0.333. The van der Waals surface area contributed by atoms with Crippen LogP contribution in [0.15, 0.2) is 22.6 Å². The van der Waals surface area contributed by atoms with E-state index in [0.717, 1.165) is 0 Å². The van der Waals surface area contributed by atoms with E-state index in [0.29, 0.717) is 24.6 Å². The van der Waals surface area contributed by atoms with Gasteiger partial charge in [0.1, 0.15) is 17.7 Å². The molecule has 0 fully saturated rings. The number of fused-ring (bicyclic) bond motifs is 1. The largest absolute Gasteiger partial charge is 0.478 e. The molecule has 18 heavy (non-hydrogen) atoms. The Morgan fingerprint density at radius 2 is 2.28 bits per heavy atom. The number of rotatable bonds is 6. The maximum atomic E-state index is 11.0. The Morgan fingerprint density at radius 3 is 3.00 bits per heavy atom. The fourth-order valence-electron chi connectivity index (χ4n) is 1.53. The van der Waals surface area contributed by atoms with Crippen molar-refractivity contribution in [1.82, 2.24) is 4.98 Å². The lowest BCUT2D eigenvalue weighted by atomic mass is 10.2. The topological polar surface area (TPSA) is 81.8 Å². The number of hydrogen-bond donors (Lipinski definition) is 1. The van der Waals surface area contributed by atoms with Gasteiger partial charge in [-0.25, -0.2) is 9.78 Å². The summed E-state index contributed by atoms with van der Waals surface area (Å²) < 4.78 is 15.5. The summed E-state index contributed by atoms with van der Waals surface area (Å²) >= 11 is 0. The van der Waals surface area contributed by atoms with E-state index in [-0.39, 0.29) is 17.8 Å². The lowest BCUT2D eigenvalue weighted by molar-refractivity contribution is 0.0523. The number of aromatic carboxylic acids is 1. The van der Waals surface area contributed by atoms with Gasteiger partial charge in [0.2, 0.25) is 5.89 Å². The van der Waals surface area contributed by atoms with Gasteiger partial charge in [-0.1, -0.05) is 6.07 Å². The summed E-state index contributed by atoms with van der Waals surface area (Å²) in [7, 11) is 1.59. The Morgan fingerprint density at radius 1 is 1.44 bits per heavy atom. The first-order valence-electron chi connectivity index (χ1n) is 5.41. The average Bonchev–Trinajstić information content (AvgIpc) is 2.76. The highest BCUT2D eigenvalue weighted by Crippen LogP contribution is 2.20. The van der Waals surface area contributed by atoms with E-state index in [1.54, 1.807) is 19.2 Å². The Hall–Kier alpha value is -1.92. The Kier molecular flexibility index (Phi) is 3.91. The van der Waals surface area contributed by atoms with Gasteiger partial charge in [0.15, 0.2) is 5.58 Å². The van der Waals surface area contributed by atoms with Crippen molar-refractivity contribution in [2.45, 2.75) is 6.61 Å². The highest BCUT2D eigenvalue weighted by molar-refractivity contribution is 5.99. The van der Waals surface area contributed by atoms with Gasteiger partial charge < -0.3 is 19.0 Å². The molecule has 0 radical (unpaired) electrons. The summed E-state index contributed by atoms with van der Waals surface area (Å²) in [6.45, 7) is 1.11. The van der Waals surface area contributed by atoms with E-state index < -0.39 is 5.97 Å². The second-order valence-corrected chi connectivity index (χ2v) is 3.61. The molecule has 2 aromatic rings. The average molecular weight is 251 g/mol. The van der Waals surface area contributed by atoms with Gasteiger partial charge >= 0.3 is 5.97 Å². The number of para-hydroxylation sites is 1. The molecule has 0 saturated heterocycles. The zero-order valence-corrected chi connectivity index (χ0v) is 9.88. The van der Waals surface area contributed by atoms with E-state index in [2.05, 4.69) is 4.98 Å².